The number of rotatable bonds is 5. The van der Waals surface area contributed by atoms with Crippen molar-refractivity contribution in [3.05, 3.63) is 45.8 Å². The van der Waals surface area contributed by atoms with Crippen LogP contribution in [0.1, 0.15) is 33.6 Å². The van der Waals surface area contributed by atoms with Crippen molar-refractivity contribution in [1.29, 1.82) is 0 Å². The summed E-state index contributed by atoms with van der Waals surface area (Å²) in [6, 6.07) is 4.19. The predicted octanol–water partition coefficient (Wildman–Crippen LogP) is 2.52. The van der Waals surface area contributed by atoms with Gasteiger partial charge < -0.3 is 5.32 Å². The molecule has 0 radical (unpaired) electrons. The highest BCUT2D eigenvalue weighted by atomic mass is 16.2. The zero-order valence-electron chi connectivity index (χ0n) is 15.2. The molecule has 0 saturated heterocycles. The Morgan fingerprint density at radius 2 is 1.83 bits per heavy atom. The maximum Gasteiger partial charge on any atom is 0.259 e. The van der Waals surface area contributed by atoms with Gasteiger partial charge in [-0.3, -0.25) is 9.48 Å². The van der Waals surface area contributed by atoms with Gasteiger partial charge >= 0.3 is 0 Å². The van der Waals surface area contributed by atoms with Gasteiger partial charge in [-0.15, -0.1) is 0 Å². The van der Waals surface area contributed by atoms with E-state index in [1.54, 1.807) is 10.9 Å². The second-order valence-corrected chi connectivity index (χ2v) is 6.13. The minimum atomic E-state index is -0.190. The van der Waals surface area contributed by atoms with Crippen LogP contribution in [0.2, 0.25) is 0 Å². The van der Waals surface area contributed by atoms with Crippen LogP contribution in [-0.2, 0) is 11.8 Å². The third kappa shape index (κ3) is 4.01. The summed E-state index contributed by atoms with van der Waals surface area (Å²) in [4.78, 5) is 12.0. The average molecular weight is 327 g/mol. The molecule has 1 amide bonds. The van der Waals surface area contributed by atoms with Gasteiger partial charge in [-0.1, -0.05) is 17.7 Å². The number of aromatic nitrogens is 2. The number of benzene rings is 1. The summed E-state index contributed by atoms with van der Waals surface area (Å²) in [5.74, 6) is -0.190. The Morgan fingerprint density at radius 1 is 1.21 bits per heavy atom. The van der Waals surface area contributed by atoms with E-state index in [1.807, 2.05) is 34.7 Å². The molecule has 128 valence electrons. The molecule has 1 aromatic heterocycles. The molecule has 0 aliphatic rings. The predicted molar refractivity (Wildman–Crippen MR) is 97.6 cm³/mol. The van der Waals surface area contributed by atoms with Crippen LogP contribution in [0.5, 0.6) is 0 Å². The molecule has 0 atom stereocenters. The average Bonchev–Trinajstić information content (AvgIpc) is 2.72. The Bertz CT molecular complexity index is 766. The zero-order valence-corrected chi connectivity index (χ0v) is 15.2. The third-order valence-corrected chi connectivity index (χ3v) is 4.05. The number of hydrogen-bond donors (Lipinski definition) is 2. The standard InChI is InChI=1S/C18H25N5O/c1-11-7-12(2)18(13(3)8-11)19-10-17(24)21-20-9-16-14(4)22-23(6)15(16)5/h7-9,19H,10H2,1-6H3,(H,21,24)/b20-9-. The van der Waals surface area contributed by atoms with Crippen molar-refractivity contribution in [3.63, 3.8) is 0 Å². The number of carbonyl (C=O) groups excluding carboxylic acids is 1. The molecule has 0 fully saturated rings. The molecule has 6 nitrogen and oxygen atoms in total. The van der Waals surface area contributed by atoms with Gasteiger partial charge in [0, 0.05) is 24.0 Å². The van der Waals surface area contributed by atoms with Gasteiger partial charge in [-0.2, -0.15) is 10.2 Å². The Balaban J connectivity index is 1.94. The highest BCUT2D eigenvalue weighted by molar-refractivity contribution is 5.86. The lowest BCUT2D eigenvalue weighted by molar-refractivity contribution is -0.119. The maximum absolute atomic E-state index is 12.0. The van der Waals surface area contributed by atoms with Gasteiger partial charge in [0.15, 0.2) is 0 Å². The lowest BCUT2D eigenvalue weighted by Crippen LogP contribution is -2.26. The molecule has 1 heterocycles. The molecule has 0 unspecified atom stereocenters. The number of anilines is 1. The summed E-state index contributed by atoms with van der Waals surface area (Å²) in [5.41, 5.74) is 9.84. The summed E-state index contributed by atoms with van der Waals surface area (Å²) in [5, 5.41) is 11.5. The Labute approximate surface area is 143 Å². The highest BCUT2D eigenvalue weighted by Crippen LogP contribution is 2.21. The van der Waals surface area contributed by atoms with E-state index in [4.69, 9.17) is 0 Å². The van der Waals surface area contributed by atoms with E-state index in [0.717, 1.165) is 33.8 Å². The SMILES string of the molecule is Cc1cc(C)c(NCC(=O)N/N=C\c2c(C)nn(C)c2C)c(C)c1. The van der Waals surface area contributed by atoms with Gasteiger partial charge in [0.2, 0.25) is 0 Å². The molecule has 1 aromatic carbocycles. The number of aryl methyl sites for hydroxylation is 5. The van der Waals surface area contributed by atoms with Crippen LogP contribution < -0.4 is 10.7 Å². The first-order valence-electron chi connectivity index (χ1n) is 7.93. The van der Waals surface area contributed by atoms with Gasteiger partial charge in [0.25, 0.3) is 5.91 Å². The topological polar surface area (TPSA) is 71.3 Å². The number of amides is 1. The lowest BCUT2D eigenvalue weighted by atomic mass is 10.1. The first-order chi connectivity index (χ1) is 11.3. The van der Waals surface area contributed by atoms with Crippen molar-refractivity contribution < 1.29 is 4.79 Å². The van der Waals surface area contributed by atoms with Crippen LogP contribution in [-0.4, -0.2) is 28.4 Å². The van der Waals surface area contributed by atoms with Crippen molar-refractivity contribution in [3.8, 4) is 0 Å². The fourth-order valence-corrected chi connectivity index (χ4v) is 2.81. The minimum Gasteiger partial charge on any atom is -0.376 e. The maximum atomic E-state index is 12.0. The van der Waals surface area contributed by atoms with Crippen molar-refractivity contribution in [2.24, 2.45) is 12.1 Å². The Morgan fingerprint density at radius 3 is 2.38 bits per heavy atom. The molecule has 0 bridgehead atoms. The summed E-state index contributed by atoms with van der Waals surface area (Å²) < 4.78 is 1.79. The highest BCUT2D eigenvalue weighted by Gasteiger charge is 2.08. The largest absolute Gasteiger partial charge is 0.376 e. The first-order valence-corrected chi connectivity index (χ1v) is 7.93. The fraction of sp³-hybridized carbons (Fsp3) is 0.389. The van der Waals surface area contributed by atoms with E-state index in [9.17, 15) is 4.79 Å². The van der Waals surface area contributed by atoms with E-state index in [1.165, 1.54) is 5.56 Å². The zero-order chi connectivity index (χ0) is 17.9. The molecule has 2 rings (SSSR count). The smallest absolute Gasteiger partial charge is 0.259 e. The number of nitrogens with one attached hydrogen (secondary N) is 2. The van der Waals surface area contributed by atoms with Crippen molar-refractivity contribution in [1.82, 2.24) is 15.2 Å². The molecular weight excluding hydrogens is 302 g/mol. The van der Waals surface area contributed by atoms with Gasteiger partial charge in [0.05, 0.1) is 18.5 Å². The normalized spacial score (nSPS) is 11.1. The number of carbonyl (C=O) groups is 1. The van der Waals surface area contributed by atoms with E-state index in [0.29, 0.717) is 0 Å². The summed E-state index contributed by atoms with van der Waals surface area (Å²) in [7, 11) is 1.88. The monoisotopic (exact) mass is 327 g/mol. The van der Waals surface area contributed by atoms with Crippen molar-refractivity contribution in [2.45, 2.75) is 34.6 Å². The van der Waals surface area contributed by atoms with E-state index >= 15 is 0 Å². The van der Waals surface area contributed by atoms with E-state index < -0.39 is 0 Å². The number of nitrogens with zero attached hydrogens (tertiary/aromatic N) is 3. The Kier molecular flexibility index (Phi) is 5.39. The first kappa shape index (κ1) is 17.7. The lowest BCUT2D eigenvalue weighted by Gasteiger charge is -2.13. The van der Waals surface area contributed by atoms with Gasteiger partial charge in [-0.05, 0) is 45.7 Å². The van der Waals surface area contributed by atoms with Crippen molar-refractivity contribution in [2.75, 3.05) is 11.9 Å². The second-order valence-electron chi connectivity index (χ2n) is 6.13. The summed E-state index contributed by atoms with van der Waals surface area (Å²) >= 11 is 0. The Hall–Kier alpha value is -2.63. The molecule has 0 saturated carbocycles. The van der Waals surface area contributed by atoms with Gasteiger partial charge in [-0.25, -0.2) is 5.43 Å². The molecule has 2 N–H and O–H groups in total. The van der Waals surface area contributed by atoms with Crippen LogP contribution in [0, 0.1) is 34.6 Å². The van der Waals surface area contributed by atoms with Crippen LogP contribution in [0.4, 0.5) is 5.69 Å². The van der Waals surface area contributed by atoms with Crippen LogP contribution in [0.25, 0.3) is 0 Å². The van der Waals surface area contributed by atoms with E-state index in [-0.39, 0.29) is 12.5 Å². The van der Waals surface area contributed by atoms with Crippen LogP contribution in [0.15, 0.2) is 17.2 Å². The molecule has 6 heteroatoms. The summed E-state index contributed by atoms with van der Waals surface area (Å²) in [6.45, 7) is 10.2. The van der Waals surface area contributed by atoms with Gasteiger partial charge in [0.1, 0.15) is 0 Å². The minimum absolute atomic E-state index is 0.174. The van der Waals surface area contributed by atoms with Crippen LogP contribution >= 0.6 is 0 Å². The van der Waals surface area contributed by atoms with E-state index in [2.05, 4.69) is 40.0 Å². The summed E-state index contributed by atoms with van der Waals surface area (Å²) in [6.07, 6.45) is 1.64. The number of hydrazone groups is 1. The quantitative estimate of drug-likeness (QED) is 0.655. The second kappa shape index (κ2) is 7.29. The molecular formula is C18H25N5O. The molecule has 0 spiro atoms. The number of hydrogen-bond acceptors (Lipinski definition) is 4. The van der Waals surface area contributed by atoms with Crippen LogP contribution in [0.3, 0.4) is 0 Å². The molecule has 2 aromatic rings. The third-order valence-electron chi connectivity index (χ3n) is 4.05. The fourth-order valence-electron chi connectivity index (χ4n) is 2.81. The molecule has 24 heavy (non-hydrogen) atoms. The molecule has 0 aliphatic carbocycles. The molecule has 0 aliphatic heterocycles. The van der Waals surface area contributed by atoms with Crippen molar-refractivity contribution >= 4 is 17.8 Å².